The molecule has 1 rings (SSSR count). The summed E-state index contributed by atoms with van der Waals surface area (Å²) in [7, 11) is -3.36. The van der Waals surface area contributed by atoms with Crippen molar-refractivity contribution < 1.29 is 26.7 Å². The molecule has 0 aliphatic rings. The van der Waals surface area contributed by atoms with Gasteiger partial charge in [0.15, 0.2) is 4.90 Å². The molecule has 0 heterocycles. The molecule has 0 radical (unpaired) electrons. The highest BCUT2D eigenvalue weighted by molar-refractivity contribution is 7.95. The van der Waals surface area contributed by atoms with Gasteiger partial charge in [0.25, 0.3) is 0 Å². The third-order valence-corrected chi connectivity index (χ3v) is 5.84. The largest absolute Gasteiger partial charge is 0.726 e. The lowest BCUT2D eigenvalue weighted by molar-refractivity contribution is -0.134. The molecule has 8 heteroatoms. The molecular formula is C21H36O6S2. The average molecular weight is 449 g/mol. The summed E-state index contributed by atoms with van der Waals surface area (Å²) < 4.78 is 36.4. The van der Waals surface area contributed by atoms with Gasteiger partial charge in [0.1, 0.15) is 18.3 Å². The smallest absolute Gasteiger partial charge is 0.311 e. The molecular weight excluding hydrogens is 412 g/mol. The van der Waals surface area contributed by atoms with Crippen LogP contribution in [0.2, 0.25) is 0 Å². The van der Waals surface area contributed by atoms with Gasteiger partial charge in [-0.3, -0.25) is 8.98 Å². The first-order valence-corrected chi connectivity index (χ1v) is 13.5. The van der Waals surface area contributed by atoms with E-state index in [0.717, 1.165) is 20.0 Å². The zero-order valence-electron chi connectivity index (χ0n) is 18.1. The lowest BCUT2D eigenvalue weighted by atomic mass is 10.1. The quantitative estimate of drug-likeness (QED) is 0.107. The number of hydrogen-bond acceptors (Lipinski definition) is 6. The van der Waals surface area contributed by atoms with Gasteiger partial charge in [-0.2, -0.15) is 0 Å². The molecule has 0 atom stereocenters. The van der Waals surface area contributed by atoms with E-state index in [9.17, 15) is 17.8 Å². The molecule has 29 heavy (non-hydrogen) atoms. The number of ether oxygens (including phenoxy) is 1. The Hall–Kier alpha value is -1.09. The van der Waals surface area contributed by atoms with Crippen molar-refractivity contribution in [1.29, 1.82) is 0 Å². The summed E-state index contributed by atoms with van der Waals surface area (Å²) in [6, 6.07) is 7.89. The molecule has 0 aromatic heterocycles. The number of esters is 1. The summed E-state index contributed by atoms with van der Waals surface area (Å²) in [5, 5.41) is 0. The van der Waals surface area contributed by atoms with Gasteiger partial charge < -0.3 is 9.29 Å². The van der Waals surface area contributed by atoms with Crippen LogP contribution in [0.15, 0.2) is 29.2 Å². The fraction of sp³-hybridized carbons (Fsp3) is 0.667. The molecule has 0 unspecified atom stereocenters. The van der Waals surface area contributed by atoms with E-state index in [1.54, 1.807) is 0 Å². The lowest BCUT2D eigenvalue weighted by Gasteiger charge is -2.05. The highest BCUT2D eigenvalue weighted by Crippen LogP contribution is 2.17. The molecule has 168 valence electrons. The Balaban J connectivity index is 0.00000113. The maximum atomic E-state index is 11.8. The van der Waals surface area contributed by atoms with Crippen LogP contribution >= 0.6 is 0 Å². The van der Waals surface area contributed by atoms with Crippen LogP contribution in [0.4, 0.5) is 0 Å². The van der Waals surface area contributed by atoms with Crippen molar-refractivity contribution in [3.05, 3.63) is 24.3 Å². The molecule has 0 amide bonds. The molecule has 0 aliphatic heterocycles. The summed E-state index contributed by atoms with van der Waals surface area (Å²) in [6.45, 7) is 2.25. The summed E-state index contributed by atoms with van der Waals surface area (Å²) in [6.07, 6.45) is 16.3. The van der Waals surface area contributed by atoms with Crippen LogP contribution in [0.5, 0.6) is 5.75 Å². The predicted molar refractivity (Wildman–Crippen MR) is 118 cm³/mol. The Kier molecular flexibility index (Phi) is 16.1. The number of unbranched alkanes of at least 4 members (excludes halogenated alkanes) is 8. The first-order valence-electron chi connectivity index (χ1n) is 10.1. The minimum Gasteiger partial charge on any atom is -0.726 e. The Morgan fingerprint density at radius 3 is 1.79 bits per heavy atom. The monoisotopic (exact) mass is 448 g/mol. The molecule has 0 spiro atoms. The SMILES string of the molecule is CCCCCCCCCCCC(=O)Oc1ccc([S+](C)C)cc1.COS(=O)(=O)[O-]. The Morgan fingerprint density at radius 1 is 0.931 bits per heavy atom. The summed E-state index contributed by atoms with van der Waals surface area (Å²) in [5.41, 5.74) is 0. The zero-order chi connectivity index (χ0) is 22.1. The van der Waals surface area contributed by atoms with E-state index in [1.165, 1.54) is 49.8 Å². The molecule has 0 saturated heterocycles. The molecule has 1 aromatic carbocycles. The van der Waals surface area contributed by atoms with E-state index in [4.69, 9.17) is 4.74 Å². The van der Waals surface area contributed by atoms with Crippen LogP contribution in [-0.4, -0.2) is 38.6 Å². The maximum absolute atomic E-state index is 11.8. The van der Waals surface area contributed by atoms with E-state index in [0.29, 0.717) is 12.2 Å². The second kappa shape index (κ2) is 16.7. The van der Waals surface area contributed by atoms with Crippen LogP contribution in [0.25, 0.3) is 0 Å². The second-order valence-corrected chi connectivity index (χ2v) is 10.2. The van der Waals surface area contributed by atoms with Crippen molar-refractivity contribution in [2.45, 2.75) is 76.0 Å². The van der Waals surface area contributed by atoms with Gasteiger partial charge in [0, 0.05) is 17.3 Å². The van der Waals surface area contributed by atoms with Crippen molar-refractivity contribution in [3.8, 4) is 5.75 Å². The molecule has 1 aromatic rings. The van der Waals surface area contributed by atoms with Crippen LogP contribution in [0.1, 0.15) is 71.1 Å². The molecule has 6 nitrogen and oxygen atoms in total. The van der Waals surface area contributed by atoms with Crippen molar-refractivity contribution in [3.63, 3.8) is 0 Å². The summed E-state index contributed by atoms with van der Waals surface area (Å²) in [4.78, 5) is 13.1. The van der Waals surface area contributed by atoms with E-state index >= 15 is 0 Å². The molecule has 0 saturated carbocycles. The minimum absolute atomic E-state index is 0.104. The van der Waals surface area contributed by atoms with Gasteiger partial charge in [-0.05, 0) is 30.7 Å². The van der Waals surface area contributed by atoms with E-state index in [1.807, 2.05) is 24.3 Å². The second-order valence-electron chi connectivity index (χ2n) is 6.92. The van der Waals surface area contributed by atoms with Gasteiger partial charge in [0.05, 0.1) is 7.11 Å². The van der Waals surface area contributed by atoms with Crippen molar-refractivity contribution in [2.75, 3.05) is 19.6 Å². The summed E-state index contributed by atoms with van der Waals surface area (Å²) in [5.74, 6) is 0.563. The number of rotatable bonds is 13. The standard InChI is InChI=1S/C20H33O2S.CH4O4S/c1-4-5-6-7-8-9-10-11-12-13-20(21)22-18-14-16-19(17-15-18)23(2)3;1-5-6(2,3)4/h14-17H,4-13H2,1-3H3;1H3,(H,2,3,4)/q+1;/p-1. The van der Waals surface area contributed by atoms with Gasteiger partial charge in [-0.15, -0.1) is 0 Å². The van der Waals surface area contributed by atoms with Crippen molar-refractivity contribution >= 4 is 27.3 Å². The fourth-order valence-electron chi connectivity index (χ4n) is 2.54. The van der Waals surface area contributed by atoms with Crippen LogP contribution in [0, 0.1) is 0 Å². The van der Waals surface area contributed by atoms with Gasteiger partial charge >= 0.3 is 5.97 Å². The first-order chi connectivity index (χ1) is 13.7. The van der Waals surface area contributed by atoms with Crippen molar-refractivity contribution in [2.24, 2.45) is 0 Å². The highest BCUT2D eigenvalue weighted by Gasteiger charge is 2.09. The number of carbonyl (C=O) groups is 1. The average Bonchev–Trinajstić information content (AvgIpc) is 2.67. The predicted octanol–water partition coefficient (Wildman–Crippen LogP) is 4.84. The van der Waals surface area contributed by atoms with E-state index < -0.39 is 10.4 Å². The highest BCUT2D eigenvalue weighted by atomic mass is 32.3. The lowest BCUT2D eigenvalue weighted by Crippen LogP contribution is -2.07. The molecule has 0 aliphatic carbocycles. The Morgan fingerprint density at radius 2 is 1.38 bits per heavy atom. The summed E-state index contributed by atoms with van der Waals surface area (Å²) >= 11 is 0. The normalized spacial score (nSPS) is 11.1. The third kappa shape index (κ3) is 17.5. The van der Waals surface area contributed by atoms with Crippen LogP contribution < -0.4 is 4.74 Å². The van der Waals surface area contributed by atoms with E-state index in [-0.39, 0.29) is 16.9 Å². The minimum atomic E-state index is -4.41. The van der Waals surface area contributed by atoms with Gasteiger partial charge in [-0.25, -0.2) is 8.42 Å². The first kappa shape index (κ1) is 27.9. The number of hydrogen-bond donors (Lipinski definition) is 0. The zero-order valence-corrected chi connectivity index (χ0v) is 19.8. The van der Waals surface area contributed by atoms with Gasteiger partial charge in [0.2, 0.25) is 10.4 Å². The Bertz CT molecular complexity index is 642. The third-order valence-electron chi connectivity index (χ3n) is 4.22. The molecule has 0 fully saturated rings. The van der Waals surface area contributed by atoms with Gasteiger partial charge in [-0.1, -0.05) is 58.3 Å². The molecule has 0 bridgehead atoms. The topological polar surface area (TPSA) is 92.7 Å². The maximum Gasteiger partial charge on any atom is 0.311 e. The van der Waals surface area contributed by atoms with Crippen LogP contribution in [-0.2, 0) is 30.3 Å². The van der Waals surface area contributed by atoms with E-state index in [2.05, 4.69) is 23.6 Å². The van der Waals surface area contributed by atoms with Crippen molar-refractivity contribution in [1.82, 2.24) is 0 Å². The fourth-order valence-corrected chi connectivity index (χ4v) is 3.22. The molecule has 0 N–H and O–H groups in total. The van der Waals surface area contributed by atoms with Crippen LogP contribution in [0.3, 0.4) is 0 Å². The number of carbonyl (C=O) groups excluding carboxylic acids is 1. The Labute approximate surface area is 179 Å². The number of benzene rings is 1.